The predicted molar refractivity (Wildman–Crippen MR) is 128 cm³/mol. The molecule has 0 amide bonds. The summed E-state index contributed by atoms with van der Waals surface area (Å²) in [4.78, 5) is 0. The zero-order valence-corrected chi connectivity index (χ0v) is 21.4. The second-order valence-electron chi connectivity index (χ2n) is 13.2. The third-order valence-corrected chi connectivity index (χ3v) is 11.8. The lowest BCUT2D eigenvalue weighted by Crippen LogP contribution is -2.53. The molecule has 0 radical (unpaired) electrons. The topological polar surface area (TPSA) is 21.8 Å². The van der Waals surface area contributed by atoms with Gasteiger partial charge in [-0.3, -0.25) is 0 Å². The van der Waals surface area contributed by atoms with Crippen LogP contribution in [0.5, 0.6) is 0 Å². The monoisotopic (exact) mass is 428 g/mol. The third kappa shape index (κ3) is 2.89. The highest BCUT2D eigenvalue weighted by atomic mass is 16.6. The van der Waals surface area contributed by atoms with E-state index in [1.807, 2.05) is 7.11 Å². The lowest BCUT2D eigenvalue weighted by Gasteiger charge is -2.54. The van der Waals surface area contributed by atoms with Gasteiger partial charge in [-0.05, 0) is 91.9 Å². The first kappa shape index (κ1) is 22.5. The fourth-order valence-electron chi connectivity index (χ4n) is 9.23. The van der Waals surface area contributed by atoms with E-state index in [0.717, 1.165) is 29.6 Å². The maximum absolute atomic E-state index is 7.10. The molecule has 0 N–H and O–H groups in total. The molecule has 4 fully saturated rings. The maximum atomic E-state index is 7.10. The molecule has 9 unspecified atom stereocenters. The van der Waals surface area contributed by atoms with Gasteiger partial charge in [0.2, 0.25) is 0 Å². The van der Waals surface area contributed by atoms with E-state index in [2.05, 4.69) is 47.6 Å². The van der Waals surface area contributed by atoms with Crippen LogP contribution in [0.25, 0.3) is 0 Å². The number of allylic oxidation sites excluding steroid dienone is 1. The van der Waals surface area contributed by atoms with Crippen LogP contribution in [0, 0.1) is 40.4 Å². The first-order chi connectivity index (χ1) is 14.6. The minimum Gasteiger partial charge on any atom is -0.381 e. The second-order valence-corrected chi connectivity index (χ2v) is 13.2. The standard InChI is InChI=1S/C29H48O2/c1-19(2)20(3)8-9-21(4)24-12-17-29-27(24,6)15-13-25-26(5)14-11-23(30-7)18-22(26)10-16-28(25,29)31-29/h13,19-24H,8-12,14-18H2,1-7H3. The molecule has 31 heavy (non-hydrogen) atoms. The van der Waals surface area contributed by atoms with Crippen LogP contribution in [0.3, 0.4) is 0 Å². The normalized spacial score (nSPS) is 50.1. The molecule has 4 aliphatic carbocycles. The van der Waals surface area contributed by atoms with Crippen molar-refractivity contribution in [3.8, 4) is 0 Å². The Kier molecular flexibility index (Phi) is 5.31. The van der Waals surface area contributed by atoms with Gasteiger partial charge in [-0.25, -0.2) is 0 Å². The van der Waals surface area contributed by atoms with E-state index in [1.165, 1.54) is 64.2 Å². The molecule has 9 atom stereocenters. The second kappa shape index (κ2) is 7.33. The highest BCUT2D eigenvalue weighted by Gasteiger charge is 2.84. The number of methoxy groups -OCH3 is 1. The summed E-state index contributed by atoms with van der Waals surface area (Å²) in [5, 5.41) is 0. The lowest BCUT2D eigenvalue weighted by molar-refractivity contribution is -0.0171. The van der Waals surface area contributed by atoms with E-state index in [9.17, 15) is 0 Å². The van der Waals surface area contributed by atoms with E-state index in [0.29, 0.717) is 16.9 Å². The van der Waals surface area contributed by atoms with Crippen molar-refractivity contribution >= 4 is 0 Å². The predicted octanol–water partition coefficient (Wildman–Crippen LogP) is 7.56. The van der Waals surface area contributed by atoms with Gasteiger partial charge in [-0.15, -0.1) is 0 Å². The summed E-state index contributed by atoms with van der Waals surface area (Å²) < 4.78 is 12.9. The van der Waals surface area contributed by atoms with Gasteiger partial charge < -0.3 is 9.47 Å². The van der Waals surface area contributed by atoms with Gasteiger partial charge in [0.1, 0.15) is 11.2 Å². The van der Waals surface area contributed by atoms with Crippen molar-refractivity contribution in [2.75, 3.05) is 7.11 Å². The molecule has 0 bridgehead atoms. The fraction of sp³-hybridized carbons (Fsp3) is 0.931. The average molecular weight is 429 g/mol. The van der Waals surface area contributed by atoms with Crippen LogP contribution < -0.4 is 0 Å². The van der Waals surface area contributed by atoms with Crippen LogP contribution >= 0.6 is 0 Å². The van der Waals surface area contributed by atoms with E-state index in [4.69, 9.17) is 9.47 Å². The maximum Gasteiger partial charge on any atom is 0.120 e. The summed E-state index contributed by atoms with van der Waals surface area (Å²) in [5.74, 6) is 4.05. The number of hydrogen-bond acceptors (Lipinski definition) is 2. The molecule has 0 aromatic carbocycles. The summed E-state index contributed by atoms with van der Waals surface area (Å²) in [5.41, 5.74) is 2.65. The smallest absolute Gasteiger partial charge is 0.120 e. The molecule has 5 rings (SSSR count). The number of fused-ring (bicyclic) bond motifs is 2. The van der Waals surface area contributed by atoms with E-state index in [1.54, 1.807) is 5.57 Å². The van der Waals surface area contributed by atoms with E-state index >= 15 is 0 Å². The van der Waals surface area contributed by atoms with Crippen LogP contribution in [-0.2, 0) is 9.47 Å². The van der Waals surface area contributed by atoms with Crippen molar-refractivity contribution in [1.29, 1.82) is 0 Å². The fourth-order valence-corrected chi connectivity index (χ4v) is 9.23. The summed E-state index contributed by atoms with van der Waals surface area (Å²) in [6.45, 7) is 15.0. The lowest BCUT2D eigenvalue weighted by atomic mass is 9.48. The van der Waals surface area contributed by atoms with Crippen LogP contribution in [0.2, 0.25) is 0 Å². The van der Waals surface area contributed by atoms with Crippen molar-refractivity contribution in [1.82, 2.24) is 0 Å². The third-order valence-electron chi connectivity index (χ3n) is 11.8. The first-order valence-electron chi connectivity index (χ1n) is 13.6. The Labute approximate surface area is 191 Å². The molecule has 1 aliphatic heterocycles. The molecule has 2 nitrogen and oxygen atoms in total. The highest BCUT2D eigenvalue weighted by Crippen LogP contribution is 2.80. The van der Waals surface area contributed by atoms with Crippen LogP contribution in [0.15, 0.2) is 11.6 Å². The van der Waals surface area contributed by atoms with Crippen LogP contribution in [-0.4, -0.2) is 24.4 Å². The van der Waals surface area contributed by atoms with E-state index in [-0.39, 0.29) is 11.2 Å². The number of ether oxygens (including phenoxy) is 2. The Balaban J connectivity index is 1.38. The van der Waals surface area contributed by atoms with Gasteiger partial charge in [-0.1, -0.05) is 60.5 Å². The SMILES string of the molecule is COC1CCC2(C)C3=CCC4(C)C(C(C)CCC(C)C(C)C)CCC45OC35CCC2C1. The zero-order chi connectivity index (χ0) is 22.2. The van der Waals surface area contributed by atoms with Gasteiger partial charge in [0.05, 0.1) is 6.10 Å². The molecule has 0 aromatic heterocycles. The van der Waals surface area contributed by atoms with Gasteiger partial charge in [0, 0.05) is 12.5 Å². The molecule has 176 valence electrons. The Morgan fingerprint density at radius 1 is 1.03 bits per heavy atom. The van der Waals surface area contributed by atoms with Gasteiger partial charge in [-0.2, -0.15) is 0 Å². The van der Waals surface area contributed by atoms with Crippen LogP contribution in [0.1, 0.15) is 106 Å². The molecule has 5 aliphatic rings. The van der Waals surface area contributed by atoms with Gasteiger partial charge in [0.15, 0.2) is 0 Å². The van der Waals surface area contributed by atoms with E-state index < -0.39 is 0 Å². The molecule has 2 heteroatoms. The molecule has 1 heterocycles. The number of hydrogen-bond donors (Lipinski definition) is 0. The summed E-state index contributed by atoms with van der Waals surface area (Å²) in [7, 11) is 1.91. The van der Waals surface area contributed by atoms with Gasteiger partial charge >= 0.3 is 0 Å². The zero-order valence-electron chi connectivity index (χ0n) is 21.4. The minimum atomic E-state index is 0.0881. The molecule has 1 saturated heterocycles. The molecular formula is C29H48O2. The molecular weight excluding hydrogens is 380 g/mol. The Hall–Kier alpha value is -0.340. The highest BCUT2D eigenvalue weighted by molar-refractivity contribution is 5.48. The Bertz CT molecular complexity index is 741. The Morgan fingerprint density at radius 3 is 2.52 bits per heavy atom. The number of rotatable bonds is 6. The molecule has 0 aromatic rings. The quantitative estimate of drug-likeness (QED) is 0.321. The number of epoxide rings is 1. The molecule has 2 spiro atoms. The average Bonchev–Trinajstić information content (AvgIpc) is 3.31. The minimum absolute atomic E-state index is 0.0881. The molecule has 3 saturated carbocycles. The van der Waals surface area contributed by atoms with Crippen LogP contribution in [0.4, 0.5) is 0 Å². The van der Waals surface area contributed by atoms with Crippen molar-refractivity contribution in [3.63, 3.8) is 0 Å². The van der Waals surface area contributed by atoms with Crippen molar-refractivity contribution in [3.05, 3.63) is 11.6 Å². The summed E-state index contributed by atoms with van der Waals surface area (Å²) in [6.07, 6.45) is 16.2. The Morgan fingerprint density at radius 2 is 1.81 bits per heavy atom. The van der Waals surface area contributed by atoms with Crippen molar-refractivity contribution < 1.29 is 9.47 Å². The van der Waals surface area contributed by atoms with Crippen molar-refractivity contribution in [2.24, 2.45) is 40.4 Å². The first-order valence-corrected chi connectivity index (χ1v) is 13.6. The summed E-state index contributed by atoms with van der Waals surface area (Å²) in [6, 6.07) is 0. The largest absolute Gasteiger partial charge is 0.381 e. The summed E-state index contributed by atoms with van der Waals surface area (Å²) >= 11 is 0. The van der Waals surface area contributed by atoms with Crippen molar-refractivity contribution in [2.45, 2.75) is 123 Å². The van der Waals surface area contributed by atoms with Gasteiger partial charge in [0.25, 0.3) is 0 Å².